The first kappa shape index (κ1) is 106. The summed E-state index contributed by atoms with van der Waals surface area (Å²) in [6.45, 7) is 54.0. The van der Waals surface area contributed by atoms with Gasteiger partial charge in [-0.15, -0.1) is 11.8 Å². The van der Waals surface area contributed by atoms with Gasteiger partial charge in [-0.2, -0.15) is 0 Å². The van der Waals surface area contributed by atoms with Crippen LogP contribution >= 0.6 is 11.8 Å². The molecule has 0 spiro atoms. The minimum absolute atomic E-state index is 0. The fraction of sp³-hybridized carbons (Fsp3) is 0.208. The Balaban J connectivity index is -0.0000000149. The van der Waals surface area contributed by atoms with E-state index in [0.717, 1.165) is 18.6 Å². The zero-order valence-electron chi connectivity index (χ0n) is 20.2. The van der Waals surface area contributed by atoms with Crippen LogP contribution in [0.15, 0.2) is 12.2 Å². The van der Waals surface area contributed by atoms with Gasteiger partial charge in [0.2, 0.25) is 5.78 Å². The topological polar surface area (TPSA) is 256 Å². The molecule has 0 aromatic carbocycles. The van der Waals surface area contributed by atoms with E-state index in [9.17, 15) is 4.79 Å². The number of hydrogen-bond acceptors (Lipinski definition) is 2. The van der Waals surface area contributed by atoms with Gasteiger partial charge in [-0.3, -0.25) is 4.79 Å². The van der Waals surface area contributed by atoms with Crippen molar-refractivity contribution in [2.75, 3.05) is 11.5 Å². The summed E-state index contributed by atoms with van der Waals surface area (Å²) in [4.78, 5) is 11.1. The first-order chi connectivity index (χ1) is 18.9. The first-order valence-corrected chi connectivity index (χ1v) is 8.23. The second-order valence-electron chi connectivity index (χ2n) is 2.83. The van der Waals surface area contributed by atoms with Crippen LogP contribution < -0.4 is 0 Å². The summed E-state index contributed by atoms with van der Waals surface area (Å²) in [6.07, 6.45) is 6.23. The average molecular weight is 776 g/mol. The van der Waals surface area contributed by atoms with Crippen molar-refractivity contribution in [3.05, 3.63) is 92.0 Å². The van der Waals surface area contributed by atoms with E-state index in [1.165, 1.54) is 0 Å². The summed E-state index contributed by atoms with van der Waals surface area (Å²) < 4.78 is 90.0. The molecule has 42 heavy (non-hydrogen) atoms. The Hall–Kier alpha value is -2.21. The Kier molecular flexibility index (Phi) is 853. The SMILES string of the molecule is O=C1C#CCSCC#C/C=C/CCC1.[C-]#[O+].[C-]#[O+].[C-]#[O+].[C-]#[O+].[C-]#[O+].[C-]#[O+].[C-]#[O+].[C-]#[O+].[C-]#[O+].[C-]#[O+].[C-]#[O+].[C-]#[O+].[Co].[Co].[Co].[Co]. The molecule has 0 amide bonds. The van der Waals surface area contributed by atoms with Crippen molar-refractivity contribution >= 4 is 17.5 Å². The summed E-state index contributed by atoms with van der Waals surface area (Å²) >= 11 is 1.64. The van der Waals surface area contributed by atoms with Gasteiger partial charge in [0.05, 0.1) is 11.5 Å². The molecule has 0 atom stereocenters. The van der Waals surface area contributed by atoms with Crippen LogP contribution in [0.2, 0.25) is 0 Å². The second kappa shape index (κ2) is 339. The van der Waals surface area contributed by atoms with E-state index in [4.69, 9.17) is 55.8 Å². The minimum Gasteiger partial charge on any atom is 0 e. The van der Waals surface area contributed by atoms with Crippen LogP contribution in [0.3, 0.4) is 0 Å². The van der Waals surface area contributed by atoms with E-state index < -0.39 is 0 Å². The van der Waals surface area contributed by atoms with Gasteiger partial charge < -0.3 is 0 Å². The number of rotatable bonds is 0. The third-order valence-electron chi connectivity index (χ3n) is 1.65. The Labute approximate surface area is 290 Å². The number of Topliss-reactive ketones (excluding diaryl/α,β-unsaturated/α-hetero) is 1. The quantitative estimate of drug-likeness (QED) is 0.154. The molecule has 13 nitrogen and oxygen atoms in total. The van der Waals surface area contributed by atoms with Crippen molar-refractivity contribution in [1.29, 1.82) is 0 Å². The molecule has 1 aliphatic heterocycles. The largest absolute Gasteiger partial charge is 0 e. The normalized spacial score (nSPS) is 7.19. The second-order valence-corrected chi connectivity index (χ2v) is 3.82. The molecule has 1 heterocycles. The van der Waals surface area contributed by atoms with E-state index >= 15 is 0 Å². The summed E-state index contributed by atoms with van der Waals surface area (Å²) in [6, 6.07) is 0. The molecule has 0 saturated heterocycles. The van der Waals surface area contributed by atoms with Crippen molar-refractivity contribution in [3.63, 3.8) is 0 Å². The standard InChI is InChI=1S/C12H12OS.12CO.4Co/c13-12-8-5-3-1-2-4-6-10-14-11-7-9-12;12*1-2;;;;/h1-2H,3,5,8,10-11H2;;;;;;;;;;;;;;;;/b2-1+;;;;;;;;;;;;;;;;. The number of ketones is 1. The maximum atomic E-state index is 11.1. The maximum Gasteiger partial charge on any atom is 0 e. The summed E-state index contributed by atoms with van der Waals surface area (Å²) in [5.41, 5.74) is 0. The van der Waals surface area contributed by atoms with E-state index in [1.807, 2.05) is 12.2 Å². The number of carbonyl (C=O) groups excluding carboxylic acids is 1. The molecule has 0 fully saturated rings. The van der Waals surface area contributed by atoms with Crippen LogP contribution in [0.4, 0.5) is 0 Å². The van der Waals surface area contributed by atoms with Gasteiger partial charge in [-0.05, 0) is 24.8 Å². The molecular weight excluding hydrogens is 764 g/mol. The molecule has 0 N–H and O–H groups in total. The number of allylic oxidation sites excluding steroid dienone is 2. The number of carbonyl (C=O) groups is 1. The summed E-state index contributed by atoms with van der Waals surface area (Å²) in [5.74, 6) is 13.0. The third kappa shape index (κ3) is 313. The Bertz CT molecular complexity index is 711. The Morgan fingerprint density at radius 3 is 1.12 bits per heavy atom. The fourth-order valence-corrected chi connectivity index (χ4v) is 1.44. The van der Waals surface area contributed by atoms with Crippen molar-refractivity contribution in [2.24, 2.45) is 0 Å². The third-order valence-corrected chi connectivity index (χ3v) is 2.35. The number of thioether (sulfide) groups is 1. The van der Waals surface area contributed by atoms with Crippen LogP contribution in [-0.4, -0.2) is 17.3 Å². The molecule has 228 valence electrons. The van der Waals surface area contributed by atoms with E-state index in [2.05, 4.69) is 103 Å². The predicted octanol–water partition coefficient (Wildman–Crippen LogP) is 1.58. The van der Waals surface area contributed by atoms with E-state index in [1.54, 1.807) is 11.8 Å². The monoisotopic (exact) mass is 776 g/mol. The van der Waals surface area contributed by atoms with Gasteiger partial charge in [0.25, 0.3) is 0 Å². The van der Waals surface area contributed by atoms with Crippen LogP contribution in [-0.2, 0) is 128 Å². The van der Waals surface area contributed by atoms with Crippen molar-refractivity contribution in [1.82, 2.24) is 0 Å². The zero-order valence-corrected chi connectivity index (χ0v) is 25.2. The van der Waals surface area contributed by atoms with Gasteiger partial charge in [0.15, 0.2) is 0 Å². The maximum absolute atomic E-state index is 11.1. The molecule has 4 radical (unpaired) electrons. The minimum atomic E-state index is 0. The van der Waals surface area contributed by atoms with Gasteiger partial charge >= 0.3 is 136 Å². The van der Waals surface area contributed by atoms with Crippen LogP contribution in [0.5, 0.6) is 0 Å². The smallest absolute Gasteiger partial charge is 0 e. The van der Waals surface area contributed by atoms with Crippen molar-refractivity contribution in [2.45, 2.75) is 19.3 Å². The molecule has 0 bridgehead atoms. The van der Waals surface area contributed by atoms with Crippen LogP contribution in [0.1, 0.15) is 19.3 Å². The van der Waals surface area contributed by atoms with Gasteiger partial charge in [0, 0.05) is 73.5 Å². The fourth-order valence-electron chi connectivity index (χ4n) is 0.974. The van der Waals surface area contributed by atoms with E-state index in [0.29, 0.717) is 12.2 Å². The Morgan fingerprint density at radius 2 is 0.810 bits per heavy atom. The van der Waals surface area contributed by atoms with Crippen LogP contribution in [0.25, 0.3) is 0 Å². The van der Waals surface area contributed by atoms with Gasteiger partial charge in [-0.1, -0.05) is 23.8 Å². The van der Waals surface area contributed by atoms with Crippen molar-refractivity contribution in [3.8, 4) is 23.7 Å². The zero-order chi connectivity index (χ0) is 34.1. The Morgan fingerprint density at radius 1 is 0.524 bits per heavy atom. The molecule has 0 aromatic heterocycles. The molecule has 0 aromatic rings. The summed E-state index contributed by atoms with van der Waals surface area (Å²) in [5, 5.41) is 0. The molecular formula is C24H12Co4O13S. The van der Waals surface area contributed by atoms with Gasteiger partial charge in [-0.25, -0.2) is 0 Å². The predicted molar refractivity (Wildman–Crippen MR) is 108 cm³/mol. The molecule has 0 aliphatic carbocycles. The van der Waals surface area contributed by atoms with Crippen molar-refractivity contribution < 1.29 is 128 Å². The number of hydrogen-bond donors (Lipinski definition) is 0. The molecule has 1 rings (SSSR count). The van der Waals surface area contributed by atoms with Crippen LogP contribution in [0, 0.1) is 103 Å². The summed E-state index contributed by atoms with van der Waals surface area (Å²) in [7, 11) is 0. The first-order valence-electron chi connectivity index (χ1n) is 7.07. The molecule has 0 saturated carbocycles. The van der Waals surface area contributed by atoms with Gasteiger partial charge in [0.1, 0.15) is 0 Å². The molecule has 1 aliphatic rings. The molecule has 0 unspecified atom stereocenters. The average Bonchev–Trinajstić information content (AvgIpc) is 3.11. The molecule has 18 heteroatoms. The van der Waals surface area contributed by atoms with E-state index in [-0.39, 0.29) is 72.9 Å².